The quantitative estimate of drug-likeness (QED) is 0.624. The molecule has 6 heteroatoms. The molecule has 2 atom stereocenters. The summed E-state index contributed by atoms with van der Waals surface area (Å²) in [5.41, 5.74) is 4.59. The first kappa shape index (κ1) is 21.1. The number of fused-ring (bicyclic) bond motifs is 3. The third-order valence-corrected chi connectivity index (χ3v) is 7.61. The lowest BCUT2D eigenvalue weighted by Gasteiger charge is -2.20. The molecule has 3 heterocycles. The number of nitrogens with one attached hydrogen (secondary N) is 2. The molecule has 1 aromatic heterocycles. The van der Waals surface area contributed by atoms with Crippen molar-refractivity contribution >= 4 is 17.6 Å². The van der Waals surface area contributed by atoms with Crippen LogP contribution in [0.1, 0.15) is 39.0 Å². The highest BCUT2D eigenvalue weighted by Crippen LogP contribution is 2.46. The fraction of sp³-hybridized carbons (Fsp3) is 0.321. The number of pyridine rings is 1. The van der Waals surface area contributed by atoms with Gasteiger partial charge in [-0.3, -0.25) is 9.59 Å². The number of hydrogen-bond acceptors (Lipinski definition) is 4. The zero-order chi connectivity index (χ0) is 23.1. The van der Waals surface area contributed by atoms with Gasteiger partial charge in [0.05, 0.1) is 5.41 Å². The summed E-state index contributed by atoms with van der Waals surface area (Å²) >= 11 is 0. The summed E-state index contributed by atoms with van der Waals surface area (Å²) in [6.45, 7) is 2.90. The van der Waals surface area contributed by atoms with E-state index in [2.05, 4.69) is 44.8 Å². The van der Waals surface area contributed by atoms with Crippen molar-refractivity contribution in [3.05, 3.63) is 94.7 Å². The van der Waals surface area contributed by atoms with E-state index >= 15 is 0 Å². The molecule has 6 rings (SSSR count). The zero-order valence-corrected chi connectivity index (χ0v) is 19.1. The van der Waals surface area contributed by atoms with Crippen LogP contribution in [0, 0.1) is 0 Å². The van der Waals surface area contributed by atoms with E-state index < -0.39 is 5.41 Å². The van der Waals surface area contributed by atoms with Crippen LogP contribution < -0.4 is 10.6 Å². The maximum atomic E-state index is 13.0. The maximum absolute atomic E-state index is 13.0. The average molecular weight is 453 g/mol. The smallest absolute Gasteiger partial charge is 0.251 e. The van der Waals surface area contributed by atoms with Crippen LogP contribution in [0.4, 0.5) is 5.82 Å². The Labute approximate surface area is 199 Å². The van der Waals surface area contributed by atoms with Gasteiger partial charge < -0.3 is 15.5 Å². The first-order valence-corrected chi connectivity index (χ1v) is 12.1. The lowest BCUT2D eigenvalue weighted by Crippen LogP contribution is -2.37. The number of amides is 2. The molecule has 34 heavy (non-hydrogen) atoms. The molecule has 2 aromatic carbocycles. The second-order valence-corrected chi connectivity index (χ2v) is 9.77. The third kappa shape index (κ3) is 3.68. The van der Waals surface area contributed by atoms with E-state index in [1.165, 1.54) is 5.56 Å². The molecule has 172 valence electrons. The first-order chi connectivity index (χ1) is 16.6. The van der Waals surface area contributed by atoms with Gasteiger partial charge >= 0.3 is 0 Å². The van der Waals surface area contributed by atoms with Crippen molar-refractivity contribution in [1.82, 2.24) is 15.2 Å². The Morgan fingerprint density at radius 2 is 1.94 bits per heavy atom. The minimum atomic E-state index is -0.605. The van der Waals surface area contributed by atoms with Gasteiger partial charge in [0.15, 0.2) is 0 Å². The van der Waals surface area contributed by atoms with E-state index in [4.69, 9.17) is 0 Å². The van der Waals surface area contributed by atoms with Crippen LogP contribution >= 0.6 is 0 Å². The number of anilines is 1. The number of benzene rings is 2. The largest absolute Gasteiger partial charge is 0.348 e. The van der Waals surface area contributed by atoms with Crippen LogP contribution in [0.5, 0.6) is 0 Å². The van der Waals surface area contributed by atoms with Crippen molar-refractivity contribution in [3.63, 3.8) is 0 Å². The van der Waals surface area contributed by atoms with Crippen molar-refractivity contribution in [3.8, 4) is 0 Å². The van der Waals surface area contributed by atoms with Crippen LogP contribution in [0.3, 0.4) is 0 Å². The summed E-state index contributed by atoms with van der Waals surface area (Å²) < 4.78 is 0. The Morgan fingerprint density at radius 1 is 1.09 bits per heavy atom. The molecule has 1 saturated heterocycles. The van der Waals surface area contributed by atoms with Crippen LogP contribution in [-0.2, 0) is 29.5 Å². The van der Waals surface area contributed by atoms with E-state index in [-0.39, 0.29) is 17.9 Å². The number of nitrogens with zero attached hydrogens (tertiary/aromatic N) is 2. The summed E-state index contributed by atoms with van der Waals surface area (Å²) in [7, 11) is 0. The van der Waals surface area contributed by atoms with Crippen molar-refractivity contribution < 1.29 is 9.59 Å². The Balaban J connectivity index is 1.10. The van der Waals surface area contributed by atoms with Gasteiger partial charge in [0.25, 0.3) is 5.91 Å². The Hall–Kier alpha value is -3.51. The molecule has 3 aliphatic rings. The number of rotatable bonds is 5. The summed E-state index contributed by atoms with van der Waals surface area (Å²) in [5, 5.41) is 6.17. The van der Waals surface area contributed by atoms with E-state index in [1.54, 1.807) is 6.20 Å². The zero-order valence-electron chi connectivity index (χ0n) is 19.1. The van der Waals surface area contributed by atoms with E-state index in [9.17, 15) is 9.59 Å². The number of likely N-dealkylation sites (tertiary alicyclic amines) is 1. The summed E-state index contributed by atoms with van der Waals surface area (Å²) in [6.07, 6.45) is 4.95. The molecule has 1 aliphatic carbocycles. The number of carbonyl (C=O) groups is 2. The molecule has 2 aliphatic heterocycles. The topological polar surface area (TPSA) is 74.3 Å². The normalized spacial score (nSPS) is 23.1. The van der Waals surface area contributed by atoms with Gasteiger partial charge in [-0.2, -0.15) is 0 Å². The standard InChI is InChI=1S/C28H28N4O2/c33-26(30-23-11-14-32(18-23)13-10-19-5-2-1-3-6-19)20-8-9-21-16-28(17-22(21)15-20)24-7-4-12-29-25(24)31-27(28)34/h1-9,12,15,23H,10-11,13-14,16-18H2,(H,30,33)(H,29,31,34). The molecular weight excluding hydrogens is 424 g/mol. The van der Waals surface area contributed by atoms with Gasteiger partial charge in [0.1, 0.15) is 5.82 Å². The minimum Gasteiger partial charge on any atom is -0.348 e. The Morgan fingerprint density at radius 3 is 2.82 bits per heavy atom. The van der Waals surface area contributed by atoms with Crippen LogP contribution in [0.2, 0.25) is 0 Å². The molecule has 2 N–H and O–H groups in total. The Bertz CT molecular complexity index is 1260. The van der Waals surface area contributed by atoms with Gasteiger partial charge in [-0.15, -0.1) is 0 Å². The van der Waals surface area contributed by atoms with E-state index in [1.807, 2.05) is 36.4 Å². The molecule has 2 amide bonds. The van der Waals surface area contributed by atoms with Gasteiger partial charge in [-0.05, 0) is 60.6 Å². The highest BCUT2D eigenvalue weighted by molar-refractivity contribution is 6.06. The van der Waals surface area contributed by atoms with Gasteiger partial charge in [-0.25, -0.2) is 4.98 Å². The number of carbonyl (C=O) groups excluding carboxylic acids is 2. The predicted octanol–water partition coefficient (Wildman–Crippen LogP) is 3.12. The molecular formula is C28H28N4O2. The Kier molecular flexibility index (Phi) is 5.18. The lowest BCUT2D eigenvalue weighted by atomic mass is 9.79. The fourth-order valence-corrected chi connectivity index (χ4v) is 5.76. The second-order valence-electron chi connectivity index (χ2n) is 9.77. The highest BCUT2D eigenvalue weighted by Gasteiger charge is 2.51. The maximum Gasteiger partial charge on any atom is 0.251 e. The molecule has 0 bridgehead atoms. The van der Waals surface area contributed by atoms with Crippen molar-refractivity contribution in [1.29, 1.82) is 0 Å². The van der Waals surface area contributed by atoms with Crippen molar-refractivity contribution in [2.75, 3.05) is 25.0 Å². The minimum absolute atomic E-state index is 0.00458. The third-order valence-electron chi connectivity index (χ3n) is 7.61. The SMILES string of the molecule is O=C(NC1CCN(CCc2ccccc2)C1)c1ccc2c(c1)CC1(C2)C(=O)Nc2ncccc21. The number of hydrogen-bond donors (Lipinski definition) is 2. The van der Waals surface area contributed by atoms with Crippen molar-refractivity contribution in [2.45, 2.75) is 37.1 Å². The monoisotopic (exact) mass is 452 g/mol. The molecule has 1 spiro atoms. The lowest BCUT2D eigenvalue weighted by molar-refractivity contribution is -0.120. The van der Waals surface area contributed by atoms with Gasteiger partial charge in [-0.1, -0.05) is 42.5 Å². The predicted molar refractivity (Wildman–Crippen MR) is 131 cm³/mol. The summed E-state index contributed by atoms with van der Waals surface area (Å²) in [5.74, 6) is 0.637. The van der Waals surface area contributed by atoms with E-state index in [0.717, 1.165) is 49.2 Å². The number of aromatic nitrogens is 1. The first-order valence-electron chi connectivity index (χ1n) is 12.1. The molecule has 6 nitrogen and oxygen atoms in total. The molecule has 0 saturated carbocycles. The molecule has 0 radical (unpaired) electrons. The van der Waals surface area contributed by atoms with Gasteiger partial charge in [0, 0.05) is 43.0 Å². The second kappa shape index (κ2) is 8.37. The van der Waals surface area contributed by atoms with Crippen LogP contribution in [0.15, 0.2) is 66.9 Å². The molecule has 2 unspecified atom stereocenters. The fourth-order valence-electron chi connectivity index (χ4n) is 5.76. The summed E-state index contributed by atoms with van der Waals surface area (Å²) in [6, 6.07) is 20.5. The van der Waals surface area contributed by atoms with Crippen LogP contribution in [0.25, 0.3) is 0 Å². The highest BCUT2D eigenvalue weighted by atomic mass is 16.2. The van der Waals surface area contributed by atoms with E-state index in [0.29, 0.717) is 24.2 Å². The molecule has 3 aromatic rings. The molecule has 1 fully saturated rings. The summed E-state index contributed by atoms with van der Waals surface area (Å²) in [4.78, 5) is 32.7. The van der Waals surface area contributed by atoms with Gasteiger partial charge in [0.2, 0.25) is 5.91 Å². The van der Waals surface area contributed by atoms with Crippen molar-refractivity contribution in [2.24, 2.45) is 0 Å². The average Bonchev–Trinajstić information content (AvgIpc) is 3.54. The van der Waals surface area contributed by atoms with Crippen LogP contribution in [-0.4, -0.2) is 47.4 Å².